The third-order valence-corrected chi connectivity index (χ3v) is 6.38. The summed E-state index contributed by atoms with van der Waals surface area (Å²) in [7, 11) is 1.90. The van der Waals surface area contributed by atoms with E-state index in [1.165, 1.54) is 0 Å². The van der Waals surface area contributed by atoms with Gasteiger partial charge in [0.15, 0.2) is 0 Å². The predicted molar refractivity (Wildman–Crippen MR) is 112 cm³/mol. The molecular formula is C22H26N6O2. The van der Waals surface area contributed by atoms with Gasteiger partial charge in [0.1, 0.15) is 5.54 Å². The molecule has 2 aromatic heterocycles. The first kappa shape index (κ1) is 18.8. The number of nitrogens with one attached hydrogen (secondary N) is 1. The van der Waals surface area contributed by atoms with Crippen LogP contribution in [-0.4, -0.2) is 37.0 Å². The van der Waals surface area contributed by atoms with Crippen LogP contribution in [0.25, 0.3) is 11.3 Å². The number of fused-ring (bicyclic) bond motifs is 2. The Bertz CT molecular complexity index is 1120. The van der Waals surface area contributed by atoms with Gasteiger partial charge in [-0.05, 0) is 49.4 Å². The number of rotatable bonds is 3. The van der Waals surface area contributed by atoms with Gasteiger partial charge in [-0.25, -0.2) is 4.79 Å². The molecule has 0 radical (unpaired) electrons. The van der Waals surface area contributed by atoms with Crippen LogP contribution in [0.1, 0.15) is 43.5 Å². The van der Waals surface area contributed by atoms with E-state index in [9.17, 15) is 4.79 Å². The summed E-state index contributed by atoms with van der Waals surface area (Å²) in [6.07, 6.45) is 4.62. The summed E-state index contributed by atoms with van der Waals surface area (Å²) in [4.78, 5) is 15.3. The van der Waals surface area contributed by atoms with E-state index in [1.54, 1.807) is 11.6 Å². The molecule has 0 unspecified atom stereocenters. The summed E-state index contributed by atoms with van der Waals surface area (Å²) in [5.41, 5.74) is 3.26. The zero-order valence-corrected chi connectivity index (χ0v) is 17.7. The maximum absolute atomic E-state index is 13.3. The second-order valence-corrected chi connectivity index (χ2v) is 8.77. The maximum Gasteiger partial charge on any atom is 0.323 e. The minimum absolute atomic E-state index is 0.121. The summed E-state index contributed by atoms with van der Waals surface area (Å²) in [5, 5.41) is 15.9. The van der Waals surface area contributed by atoms with Crippen LogP contribution in [0.4, 0.5) is 10.5 Å². The Morgan fingerprint density at radius 3 is 2.77 bits per heavy atom. The quantitative estimate of drug-likeness (QED) is 0.710. The first-order valence-electron chi connectivity index (χ1n) is 10.4. The fraction of sp³-hybridized carbons (Fsp3) is 0.455. The lowest BCUT2D eigenvalue weighted by Crippen LogP contribution is -2.70. The molecule has 1 aromatic carbocycles. The van der Waals surface area contributed by atoms with Crippen molar-refractivity contribution in [3.05, 3.63) is 47.8 Å². The Kier molecular flexibility index (Phi) is 4.20. The molecule has 8 heteroatoms. The summed E-state index contributed by atoms with van der Waals surface area (Å²) in [5.74, 6) is 1.59. The van der Waals surface area contributed by atoms with E-state index in [4.69, 9.17) is 4.42 Å². The van der Waals surface area contributed by atoms with E-state index in [0.29, 0.717) is 17.7 Å². The van der Waals surface area contributed by atoms with Crippen LogP contribution in [0.15, 0.2) is 34.9 Å². The maximum atomic E-state index is 13.3. The lowest BCUT2D eigenvalue weighted by atomic mass is 9.64. The van der Waals surface area contributed by atoms with Gasteiger partial charge in [-0.15, -0.1) is 10.2 Å². The first-order chi connectivity index (χ1) is 14.4. The van der Waals surface area contributed by atoms with Crippen LogP contribution in [-0.2, 0) is 12.6 Å². The van der Waals surface area contributed by atoms with E-state index >= 15 is 0 Å². The summed E-state index contributed by atoms with van der Waals surface area (Å²) in [6.45, 7) is 6.05. The molecule has 1 N–H and O–H groups in total. The molecule has 2 fully saturated rings. The SMILES string of the molecule is Cc1nnc([C@@]23C[C@H](C)C[C@@H](C2)N3C(=O)Nc2ccc(C)c(-c3ccn(C)n3)c2)o1. The van der Waals surface area contributed by atoms with Crippen molar-refractivity contribution in [1.82, 2.24) is 24.9 Å². The number of carbonyl (C=O) groups is 1. The molecule has 3 atom stereocenters. The molecule has 156 valence electrons. The van der Waals surface area contributed by atoms with E-state index < -0.39 is 5.54 Å². The summed E-state index contributed by atoms with van der Waals surface area (Å²) in [6, 6.07) is 7.97. The van der Waals surface area contributed by atoms with Crippen molar-refractivity contribution in [1.29, 1.82) is 0 Å². The van der Waals surface area contributed by atoms with E-state index in [1.807, 2.05) is 49.3 Å². The lowest BCUT2D eigenvalue weighted by Gasteiger charge is -2.61. The van der Waals surface area contributed by atoms with Crippen LogP contribution in [0.2, 0.25) is 0 Å². The van der Waals surface area contributed by atoms with Gasteiger partial charge in [-0.1, -0.05) is 13.0 Å². The number of anilines is 1. The number of benzene rings is 1. The van der Waals surface area contributed by atoms with Crippen molar-refractivity contribution in [2.75, 3.05) is 5.32 Å². The van der Waals surface area contributed by atoms with Crippen molar-refractivity contribution in [2.45, 2.75) is 51.6 Å². The van der Waals surface area contributed by atoms with E-state index in [-0.39, 0.29) is 12.1 Å². The Morgan fingerprint density at radius 1 is 1.23 bits per heavy atom. The number of carbonyl (C=O) groups excluding carboxylic acids is 1. The Hall–Kier alpha value is -3.16. The van der Waals surface area contributed by atoms with Gasteiger partial charge in [-0.2, -0.15) is 5.10 Å². The summed E-state index contributed by atoms with van der Waals surface area (Å²) >= 11 is 0. The molecule has 8 nitrogen and oxygen atoms in total. The molecular weight excluding hydrogens is 380 g/mol. The Labute approximate surface area is 175 Å². The molecule has 30 heavy (non-hydrogen) atoms. The highest BCUT2D eigenvalue weighted by Crippen LogP contribution is 2.55. The van der Waals surface area contributed by atoms with Gasteiger partial charge in [0.05, 0.1) is 5.69 Å². The average Bonchev–Trinajstić information content (AvgIpc) is 3.31. The predicted octanol–water partition coefficient (Wildman–Crippen LogP) is 4.02. The van der Waals surface area contributed by atoms with Gasteiger partial charge < -0.3 is 14.6 Å². The van der Waals surface area contributed by atoms with Crippen LogP contribution in [0.5, 0.6) is 0 Å². The second-order valence-electron chi connectivity index (χ2n) is 8.77. The van der Waals surface area contributed by atoms with Crippen molar-refractivity contribution in [2.24, 2.45) is 13.0 Å². The highest BCUT2D eigenvalue weighted by molar-refractivity contribution is 5.92. The number of aryl methyl sites for hydroxylation is 3. The highest BCUT2D eigenvalue weighted by atomic mass is 16.4. The standard InChI is InChI=1S/C22H26N6O2/c1-13-9-17-12-22(11-13,20-25-24-15(3)30-20)28(17)21(29)23-16-6-5-14(2)18(10-16)19-7-8-27(4)26-19/h5-8,10,13,17H,9,11-12H2,1-4H3,(H,23,29)/t13-,17+,22-/m1/s1. The molecule has 3 aromatic rings. The third-order valence-electron chi connectivity index (χ3n) is 6.38. The number of urea groups is 1. The fourth-order valence-corrected chi connectivity index (χ4v) is 5.15. The van der Waals surface area contributed by atoms with Gasteiger partial charge >= 0.3 is 6.03 Å². The second kappa shape index (κ2) is 6.68. The van der Waals surface area contributed by atoms with Gasteiger partial charge in [0, 0.05) is 43.9 Å². The van der Waals surface area contributed by atoms with Crippen molar-refractivity contribution < 1.29 is 9.21 Å². The zero-order valence-electron chi connectivity index (χ0n) is 17.7. The van der Waals surface area contributed by atoms with Crippen LogP contribution >= 0.6 is 0 Å². The molecule has 2 aliphatic rings. The van der Waals surface area contributed by atoms with Crippen LogP contribution < -0.4 is 5.32 Å². The number of hydrogen-bond donors (Lipinski definition) is 1. The molecule has 2 bridgehead atoms. The minimum atomic E-state index is -0.498. The molecule has 1 saturated heterocycles. The third kappa shape index (κ3) is 2.89. The monoisotopic (exact) mass is 406 g/mol. The molecule has 1 saturated carbocycles. The Morgan fingerprint density at radius 2 is 2.07 bits per heavy atom. The minimum Gasteiger partial charge on any atom is -0.423 e. The first-order valence-corrected chi connectivity index (χ1v) is 10.4. The zero-order chi connectivity index (χ0) is 21.0. The van der Waals surface area contributed by atoms with Crippen molar-refractivity contribution in [3.8, 4) is 11.3 Å². The lowest BCUT2D eigenvalue weighted by molar-refractivity contribution is -0.110. The smallest absolute Gasteiger partial charge is 0.323 e. The van der Waals surface area contributed by atoms with E-state index in [2.05, 4.69) is 27.5 Å². The topological polar surface area (TPSA) is 89.1 Å². The fourth-order valence-electron chi connectivity index (χ4n) is 5.15. The van der Waals surface area contributed by atoms with Crippen LogP contribution in [0, 0.1) is 19.8 Å². The average molecular weight is 406 g/mol. The molecule has 5 rings (SSSR count). The number of amides is 2. The number of hydrogen-bond acceptors (Lipinski definition) is 5. The molecule has 3 heterocycles. The number of likely N-dealkylation sites (tertiary alicyclic amines) is 1. The highest BCUT2D eigenvalue weighted by Gasteiger charge is 2.62. The number of piperidine rings is 1. The van der Waals surface area contributed by atoms with Crippen LogP contribution in [0.3, 0.4) is 0 Å². The van der Waals surface area contributed by atoms with Gasteiger partial charge in [0.25, 0.3) is 0 Å². The molecule has 1 aliphatic carbocycles. The van der Waals surface area contributed by atoms with E-state index in [0.717, 1.165) is 41.8 Å². The largest absolute Gasteiger partial charge is 0.423 e. The molecule has 2 amide bonds. The normalized spacial score (nSPS) is 25.1. The van der Waals surface area contributed by atoms with Crippen molar-refractivity contribution >= 4 is 11.7 Å². The van der Waals surface area contributed by atoms with Gasteiger partial charge in [-0.3, -0.25) is 4.68 Å². The number of aromatic nitrogens is 4. The number of nitrogens with zero attached hydrogens (tertiary/aromatic N) is 5. The van der Waals surface area contributed by atoms with Gasteiger partial charge in [0.2, 0.25) is 11.8 Å². The summed E-state index contributed by atoms with van der Waals surface area (Å²) < 4.78 is 7.56. The van der Waals surface area contributed by atoms with Crippen molar-refractivity contribution in [3.63, 3.8) is 0 Å². The molecule has 0 spiro atoms. The molecule has 1 aliphatic heterocycles. The Balaban J connectivity index is 1.43.